The van der Waals surface area contributed by atoms with Gasteiger partial charge in [-0.3, -0.25) is 4.79 Å². The van der Waals surface area contributed by atoms with Crippen molar-refractivity contribution >= 4 is 33.2 Å². The Morgan fingerprint density at radius 3 is 2.65 bits per heavy atom. The van der Waals surface area contributed by atoms with E-state index in [1.54, 1.807) is 6.07 Å². The normalized spacial score (nSPS) is 11.7. The predicted molar refractivity (Wildman–Crippen MR) is 80.7 cm³/mol. The maximum Gasteiger partial charge on any atom is 0.180 e. The number of carbonyl (C=O) groups excluding carboxylic acids is 1. The zero-order chi connectivity index (χ0) is 14.9. The van der Waals surface area contributed by atoms with Gasteiger partial charge in [-0.15, -0.1) is 5.10 Å². The van der Waals surface area contributed by atoms with Crippen molar-refractivity contribution in [3.63, 3.8) is 0 Å². The minimum Gasteiger partial charge on any atom is -0.293 e. The molecule has 0 atom stereocenters. The number of Topliss-reactive ketones (excluding diaryl/α,β-unsaturated/α-hetero) is 1. The van der Waals surface area contributed by atoms with E-state index in [0.29, 0.717) is 20.6 Å². The molecule has 0 saturated carbocycles. The summed E-state index contributed by atoms with van der Waals surface area (Å²) in [5, 5.41) is 4.05. The first-order chi connectivity index (χ1) is 9.27. The van der Waals surface area contributed by atoms with E-state index in [4.69, 9.17) is 0 Å². The first kappa shape index (κ1) is 15.3. The summed E-state index contributed by atoms with van der Waals surface area (Å²) in [5.41, 5.74) is 1.10. The van der Waals surface area contributed by atoms with Gasteiger partial charge in [-0.05, 0) is 35.3 Å². The standard InChI is InChI=1S/C14H14BrFN2OS/c1-14(2,3)13-12(20-18-17-13)11(19)6-8-4-9(15)7-10(16)5-8/h4-5,7H,6H2,1-3H3. The molecule has 0 unspecified atom stereocenters. The summed E-state index contributed by atoms with van der Waals surface area (Å²) in [6.07, 6.45) is 0.142. The largest absolute Gasteiger partial charge is 0.293 e. The molecule has 0 radical (unpaired) electrons. The van der Waals surface area contributed by atoms with Crippen molar-refractivity contribution in [2.75, 3.05) is 0 Å². The van der Waals surface area contributed by atoms with Crippen LogP contribution in [0.1, 0.15) is 41.7 Å². The van der Waals surface area contributed by atoms with Crippen LogP contribution in [-0.4, -0.2) is 15.4 Å². The van der Waals surface area contributed by atoms with Crippen molar-refractivity contribution in [3.05, 3.63) is 44.6 Å². The zero-order valence-electron chi connectivity index (χ0n) is 11.4. The van der Waals surface area contributed by atoms with Crippen molar-refractivity contribution < 1.29 is 9.18 Å². The Bertz CT molecular complexity index is 629. The van der Waals surface area contributed by atoms with Gasteiger partial charge in [0.15, 0.2) is 5.78 Å². The summed E-state index contributed by atoms with van der Waals surface area (Å²) in [4.78, 5) is 12.9. The first-order valence-corrected chi connectivity index (χ1v) is 7.65. The molecule has 2 rings (SSSR count). The third-order valence-corrected chi connectivity index (χ3v) is 3.96. The van der Waals surface area contributed by atoms with Crippen LogP contribution in [0.25, 0.3) is 0 Å². The Morgan fingerprint density at radius 2 is 2.05 bits per heavy atom. The van der Waals surface area contributed by atoms with Gasteiger partial charge in [0, 0.05) is 16.3 Å². The Labute approximate surface area is 129 Å². The molecule has 2 aromatic rings. The number of nitrogens with zero attached hydrogens (tertiary/aromatic N) is 2. The van der Waals surface area contributed by atoms with E-state index in [9.17, 15) is 9.18 Å². The van der Waals surface area contributed by atoms with Crippen molar-refractivity contribution in [1.82, 2.24) is 9.59 Å². The number of ketones is 1. The lowest BCUT2D eigenvalue weighted by Gasteiger charge is -2.15. The van der Waals surface area contributed by atoms with E-state index in [1.165, 1.54) is 12.1 Å². The van der Waals surface area contributed by atoms with E-state index in [2.05, 4.69) is 25.5 Å². The van der Waals surface area contributed by atoms with Crippen LogP contribution in [-0.2, 0) is 11.8 Å². The molecule has 0 fully saturated rings. The number of rotatable bonds is 3. The quantitative estimate of drug-likeness (QED) is 0.775. The minimum absolute atomic E-state index is 0.0811. The van der Waals surface area contributed by atoms with E-state index in [0.717, 1.165) is 11.5 Å². The molecule has 0 aliphatic heterocycles. The summed E-state index contributed by atoms with van der Waals surface area (Å²) < 4.78 is 17.8. The number of hydrogen-bond donors (Lipinski definition) is 0. The van der Waals surface area contributed by atoms with Crippen molar-refractivity contribution in [2.45, 2.75) is 32.6 Å². The Kier molecular flexibility index (Phi) is 4.34. The summed E-state index contributed by atoms with van der Waals surface area (Å²) >= 11 is 4.32. The highest BCUT2D eigenvalue weighted by Gasteiger charge is 2.26. The predicted octanol–water partition coefficient (Wildman–Crippen LogP) is 4.16. The van der Waals surface area contributed by atoms with Gasteiger partial charge in [0.2, 0.25) is 0 Å². The van der Waals surface area contributed by atoms with Gasteiger partial charge in [0.1, 0.15) is 10.7 Å². The lowest BCUT2D eigenvalue weighted by molar-refractivity contribution is 0.0994. The smallest absolute Gasteiger partial charge is 0.180 e. The van der Waals surface area contributed by atoms with E-state index >= 15 is 0 Å². The van der Waals surface area contributed by atoms with Gasteiger partial charge in [0.05, 0.1) is 5.69 Å². The van der Waals surface area contributed by atoms with Gasteiger partial charge in [-0.25, -0.2) is 4.39 Å². The van der Waals surface area contributed by atoms with Gasteiger partial charge >= 0.3 is 0 Å². The van der Waals surface area contributed by atoms with Gasteiger partial charge in [-0.1, -0.05) is 41.2 Å². The second-order valence-electron chi connectivity index (χ2n) is 5.58. The second kappa shape index (κ2) is 5.69. The first-order valence-electron chi connectivity index (χ1n) is 6.08. The van der Waals surface area contributed by atoms with Crippen LogP contribution in [0.5, 0.6) is 0 Å². The summed E-state index contributed by atoms with van der Waals surface area (Å²) in [6, 6.07) is 4.48. The van der Waals surface area contributed by atoms with Gasteiger partial charge in [0.25, 0.3) is 0 Å². The molecule has 0 aliphatic carbocycles. The highest BCUT2D eigenvalue weighted by atomic mass is 79.9. The van der Waals surface area contributed by atoms with E-state index in [1.807, 2.05) is 20.8 Å². The fourth-order valence-electron chi connectivity index (χ4n) is 1.84. The molecule has 0 N–H and O–H groups in total. The summed E-state index contributed by atoms with van der Waals surface area (Å²) in [6.45, 7) is 5.96. The summed E-state index contributed by atoms with van der Waals surface area (Å²) in [5.74, 6) is -0.442. The molecular weight excluding hydrogens is 343 g/mol. The Balaban J connectivity index is 2.27. The average Bonchev–Trinajstić information content (AvgIpc) is 2.75. The van der Waals surface area contributed by atoms with E-state index < -0.39 is 0 Å². The Morgan fingerprint density at radius 1 is 1.35 bits per heavy atom. The lowest BCUT2D eigenvalue weighted by atomic mass is 9.90. The number of carbonyl (C=O) groups is 1. The molecule has 1 aromatic heterocycles. The van der Waals surface area contributed by atoms with Gasteiger partial charge < -0.3 is 0 Å². The zero-order valence-corrected chi connectivity index (χ0v) is 13.8. The molecule has 1 heterocycles. The highest BCUT2D eigenvalue weighted by Crippen LogP contribution is 2.27. The van der Waals surface area contributed by atoms with Crippen molar-refractivity contribution in [2.24, 2.45) is 0 Å². The molecule has 0 spiro atoms. The molecular formula is C14H14BrFN2OS. The van der Waals surface area contributed by atoms with Crippen LogP contribution in [0.2, 0.25) is 0 Å². The number of halogens is 2. The second-order valence-corrected chi connectivity index (χ2v) is 7.25. The van der Waals surface area contributed by atoms with Crippen LogP contribution < -0.4 is 0 Å². The molecule has 106 valence electrons. The topological polar surface area (TPSA) is 42.9 Å². The molecule has 0 amide bonds. The monoisotopic (exact) mass is 356 g/mol. The number of aromatic nitrogens is 2. The minimum atomic E-state index is -0.361. The molecule has 0 aliphatic rings. The third kappa shape index (κ3) is 3.49. The summed E-state index contributed by atoms with van der Waals surface area (Å²) in [7, 11) is 0. The van der Waals surface area contributed by atoms with E-state index in [-0.39, 0.29) is 23.4 Å². The molecule has 6 heteroatoms. The van der Waals surface area contributed by atoms with Gasteiger partial charge in [-0.2, -0.15) is 0 Å². The maximum absolute atomic E-state index is 13.3. The molecule has 1 aromatic carbocycles. The van der Waals surface area contributed by atoms with Crippen LogP contribution >= 0.6 is 27.5 Å². The number of benzene rings is 1. The highest BCUT2D eigenvalue weighted by molar-refractivity contribution is 9.10. The number of hydrogen-bond acceptors (Lipinski definition) is 4. The van der Waals surface area contributed by atoms with Crippen LogP contribution in [0, 0.1) is 5.82 Å². The fourth-order valence-corrected chi connectivity index (χ4v) is 3.17. The van der Waals surface area contributed by atoms with Crippen LogP contribution in [0.15, 0.2) is 22.7 Å². The molecule has 0 bridgehead atoms. The van der Waals surface area contributed by atoms with Crippen LogP contribution in [0.4, 0.5) is 4.39 Å². The van der Waals surface area contributed by atoms with Crippen molar-refractivity contribution in [3.8, 4) is 0 Å². The average molecular weight is 357 g/mol. The van der Waals surface area contributed by atoms with Crippen LogP contribution in [0.3, 0.4) is 0 Å². The van der Waals surface area contributed by atoms with Crippen molar-refractivity contribution in [1.29, 1.82) is 0 Å². The SMILES string of the molecule is CC(C)(C)c1nnsc1C(=O)Cc1cc(F)cc(Br)c1. The third-order valence-electron chi connectivity index (χ3n) is 2.74. The molecule has 3 nitrogen and oxygen atoms in total. The Hall–Kier alpha value is -1.14. The molecule has 20 heavy (non-hydrogen) atoms. The lowest BCUT2D eigenvalue weighted by Crippen LogP contribution is -2.17. The molecule has 0 saturated heterocycles. The maximum atomic E-state index is 13.3. The fraction of sp³-hybridized carbons (Fsp3) is 0.357.